The van der Waals surface area contributed by atoms with Crippen molar-refractivity contribution < 1.29 is 19.1 Å². The third-order valence-corrected chi connectivity index (χ3v) is 4.65. The van der Waals surface area contributed by atoms with Crippen molar-refractivity contribution in [2.75, 3.05) is 12.4 Å². The third kappa shape index (κ3) is 3.46. The summed E-state index contributed by atoms with van der Waals surface area (Å²) in [5.41, 5.74) is 2.32. The topological polar surface area (TPSA) is 77.4 Å². The number of thiophene rings is 1. The van der Waals surface area contributed by atoms with Crippen LogP contribution in [0, 0.1) is 0 Å². The maximum Gasteiger partial charge on any atom is 0.354 e. The van der Waals surface area contributed by atoms with Gasteiger partial charge in [0, 0.05) is 11.3 Å². The Morgan fingerprint density at radius 1 is 1.16 bits per heavy atom. The molecule has 0 atom stereocenters. The molecule has 0 fully saturated rings. The number of aromatic nitrogens is 1. The molecule has 2 aromatic heterocycles. The van der Waals surface area contributed by atoms with Crippen molar-refractivity contribution in [3.05, 3.63) is 53.0 Å². The second-order valence-corrected chi connectivity index (χ2v) is 6.41. The molecule has 3 rings (SSSR count). The van der Waals surface area contributed by atoms with Gasteiger partial charge in [-0.05, 0) is 48.7 Å². The molecule has 0 saturated carbocycles. The molecule has 25 heavy (non-hydrogen) atoms. The van der Waals surface area contributed by atoms with Crippen LogP contribution in [0.5, 0.6) is 0 Å². The van der Waals surface area contributed by atoms with E-state index >= 15 is 0 Å². The molecule has 128 valence electrons. The molecule has 0 bridgehead atoms. The highest BCUT2D eigenvalue weighted by atomic mass is 32.1. The minimum atomic E-state index is -0.484. The number of ether oxygens (including phenoxy) is 1. The number of carbonyl (C=O) groups excluding carboxylic acids is 3. The first-order valence-electron chi connectivity index (χ1n) is 7.55. The fourth-order valence-corrected chi connectivity index (χ4v) is 3.38. The van der Waals surface area contributed by atoms with Crippen molar-refractivity contribution in [1.29, 1.82) is 0 Å². The number of nitrogens with zero attached hydrogens (tertiary/aromatic N) is 1. The highest BCUT2D eigenvalue weighted by Gasteiger charge is 2.18. The van der Waals surface area contributed by atoms with Crippen molar-refractivity contribution in [3.63, 3.8) is 0 Å². The van der Waals surface area contributed by atoms with Crippen LogP contribution in [0.2, 0.25) is 0 Å². The fourth-order valence-electron chi connectivity index (χ4n) is 2.55. The number of esters is 1. The van der Waals surface area contributed by atoms with E-state index in [2.05, 4.69) is 5.32 Å². The smallest absolute Gasteiger partial charge is 0.354 e. The number of rotatable bonds is 5. The molecule has 3 aromatic rings. The first kappa shape index (κ1) is 16.9. The molecular weight excluding hydrogens is 340 g/mol. The maximum absolute atomic E-state index is 12.4. The van der Waals surface area contributed by atoms with E-state index in [1.165, 1.54) is 25.4 Å². The van der Waals surface area contributed by atoms with Gasteiger partial charge in [-0.3, -0.25) is 9.59 Å². The first-order valence-corrected chi connectivity index (χ1v) is 8.43. The number of hydrogen-bond acceptors (Lipinski definition) is 5. The van der Waals surface area contributed by atoms with Gasteiger partial charge in [-0.15, -0.1) is 11.3 Å². The highest BCUT2D eigenvalue weighted by molar-refractivity contribution is 7.17. The Bertz CT molecular complexity index is 953. The zero-order valence-electron chi connectivity index (χ0n) is 13.7. The fraction of sp³-hybridized carbons (Fsp3) is 0.167. The van der Waals surface area contributed by atoms with E-state index in [0.717, 1.165) is 10.2 Å². The Morgan fingerprint density at radius 3 is 2.52 bits per heavy atom. The number of carbonyl (C=O) groups is 3. The predicted octanol–water partition coefficient (Wildman–Crippen LogP) is 3.33. The molecule has 1 N–H and O–H groups in total. The average Bonchev–Trinajstić information content (AvgIpc) is 3.17. The lowest BCUT2D eigenvalue weighted by molar-refractivity contribution is -0.116. The van der Waals surface area contributed by atoms with E-state index in [4.69, 9.17) is 4.74 Å². The number of fused-ring (bicyclic) bond motifs is 1. The average molecular weight is 356 g/mol. The molecule has 2 heterocycles. The minimum Gasteiger partial charge on any atom is -0.464 e. The van der Waals surface area contributed by atoms with Crippen LogP contribution in [0.4, 0.5) is 5.69 Å². The van der Waals surface area contributed by atoms with Crippen LogP contribution in [0.25, 0.3) is 10.2 Å². The molecule has 0 radical (unpaired) electrons. The van der Waals surface area contributed by atoms with Gasteiger partial charge in [-0.2, -0.15) is 0 Å². The summed E-state index contributed by atoms with van der Waals surface area (Å²) >= 11 is 1.49. The minimum absolute atomic E-state index is 0.0148. The van der Waals surface area contributed by atoms with Crippen LogP contribution in [0.15, 0.2) is 41.8 Å². The van der Waals surface area contributed by atoms with Crippen LogP contribution < -0.4 is 5.32 Å². The van der Waals surface area contributed by atoms with Crippen molar-refractivity contribution >= 4 is 44.9 Å². The highest BCUT2D eigenvalue weighted by Crippen LogP contribution is 2.26. The number of benzene rings is 1. The van der Waals surface area contributed by atoms with Crippen LogP contribution in [-0.2, 0) is 16.1 Å². The first-order chi connectivity index (χ1) is 12.0. The van der Waals surface area contributed by atoms with Gasteiger partial charge in [0.2, 0.25) is 5.91 Å². The number of hydrogen-bond donors (Lipinski definition) is 1. The Labute approximate surface area is 148 Å². The Hall–Kier alpha value is -2.93. The molecule has 6 nitrogen and oxygen atoms in total. The quantitative estimate of drug-likeness (QED) is 0.562. The van der Waals surface area contributed by atoms with Crippen LogP contribution in [0.1, 0.15) is 27.8 Å². The largest absolute Gasteiger partial charge is 0.464 e. The lowest BCUT2D eigenvalue weighted by Gasteiger charge is -2.10. The van der Waals surface area contributed by atoms with Gasteiger partial charge in [-0.25, -0.2) is 4.79 Å². The van der Waals surface area contributed by atoms with Gasteiger partial charge in [0.1, 0.15) is 12.2 Å². The number of anilines is 1. The predicted molar refractivity (Wildman–Crippen MR) is 96.2 cm³/mol. The van der Waals surface area contributed by atoms with Gasteiger partial charge >= 0.3 is 5.97 Å². The van der Waals surface area contributed by atoms with Gasteiger partial charge < -0.3 is 14.6 Å². The van der Waals surface area contributed by atoms with Gasteiger partial charge in [0.05, 0.1) is 17.3 Å². The zero-order chi connectivity index (χ0) is 18.0. The molecular formula is C18H16N2O4S. The summed E-state index contributed by atoms with van der Waals surface area (Å²) < 4.78 is 7.34. The molecule has 0 unspecified atom stereocenters. The lowest BCUT2D eigenvalue weighted by atomic mass is 10.1. The molecule has 0 saturated heterocycles. The number of methoxy groups -OCH3 is 1. The summed E-state index contributed by atoms with van der Waals surface area (Å²) in [5.74, 6) is -0.792. The summed E-state index contributed by atoms with van der Waals surface area (Å²) in [6, 6.07) is 10.2. The Morgan fingerprint density at radius 2 is 1.88 bits per heavy atom. The second kappa shape index (κ2) is 6.90. The summed E-state index contributed by atoms with van der Waals surface area (Å²) in [6.45, 7) is 1.47. The van der Waals surface area contributed by atoms with E-state index in [1.54, 1.807) is 34.9 Å². The maximum atomic E-state index is 12.4. The van der Waals surface area contributed by atoms with E-state index < -0.39 is 5.97 Å². The summed E-state index contributed by atoms with van der Waals surface area (Å²) in [7, 11) is 1.31. The van der Waals surface area contributed by atoms with Gasteiger partial charge in [0.25, 0.3) is 0 Å². The second-order valence-electron chi connectivity index (χ2n) is 5.46. The Balaban J connectivity index is 1.80. The molecule has 7 heteroatoms. The van der Waals surface area contributed by atoms with Crippen molar-refractivity contribution in [3.8, 4) is 0 Å². The standard InChI is InChI=1S/C18H16N2O4S/c1-11(21)12-3-5-13(6-4-12)19-17(22)10-20-14-7-8-25-16(14)9-15(20)18(23)24-2/h3-9H,10H2,1-2H3,(H,19,22). The number of ketones is 1. The summed E-state index contributed by atoms with van der Waals surface area (Å²) in [6.07, 6.45) is 0. The SMILES string of the molecule is COC(=O)c1cc2sccc2n1CC(=O)Nc1ccc(C(C)=O)cc1. The van der Waals surface area contributed by atoms with E-state index in [-0.39, 0.29) is 18.2 Å². The van der Waals surface area contributed by atoms with Crippen molar-refractivity contribution in [2.45, 2.75) is 13.5 Å². The van der Waals surface area contributed by atoms with Gasteiger partial charge in [-0.1, -0.05) is 0 Å². The van der Waals surface area contributed by atoms with Crippen LogP contribution >= 0.6 is 11.3 Å². The Kier molecular flexibility index (Phi) is 4.67. The number of amides is 1. The molecule has 0 aliphatic rings. The normalized spacial score (nSPS) is 10.6. The molecule has 1 amide bonds. The molecule has 1 aromatic carbocycles. The number of nitrogens with one attached hydrogen (secondary N) is 1. The van der Waals surface area contributed by atoms with E-state index in [9.17, 15) is 14.4 Å². The molecule has 0 aliphatic heterocycles. The number of Topliss-reactive ketones (excluding diaryl/α,β-unsaturated/α-hetero) is 1. The molecule has 0 aliphatic carbocycles. The van der Waals surface area contributed by atoms with Crippen molar-refractivity contribution in [1.82, 2.24) is 4.57 Å². The zero-order valence-corrected chi connectivity index (χ0v) is 14.6. The van der Waals surface area contributed by atoms with Crippen LogP contribution in [0.3, 0.4) is 0 Å². The monoisotopic (exact) mass is 356 g/mol. The molecule has 0 spiro atoms. The van der Waals surface area contributed by atoms with Gasteiger partial charge in [0.15, 0.2) is 5.78 Å². The lowest BCUT2D eigenvalue weighted by Crippen LogP contribution is -2.21. The van der Waals surface area contributed by atoms with Crippen molar-refractivity contribution in [2.24, 2.45) is 0 Å². The summed E-state index contributed by atoms with van der Waals surface area (Å²) in [5, 5.41) is 4.67. The third-order valence-electron chi connectivity index (χ3n) is 3.79. The van der Waals surface area contributed by atoms with E-state index in [0.29, 0.717) is 16.9 Å². The summed E-state index contributed by atoms with van der Waals surface area (Å²) in [4.78, 5) is 35.6. The van der Waals surface area contributed by atoms with E-state index in [1.807, 2.05) is 11.4 Å². The van der Waals surface area contributed by atoms with Crippen LogP contribution in [-0.4, -0.2) is 29.3 Å².